The number of hydrogen-bond donors (Lipinski definition) is 0. The molecule has 1 aromatic heterocycles. The van der Waals surface area contributed by atoms with Gasteiger partial charge in [0.15, 0.2) is 0 Å². The molecule has 144 valence electrons. The number of rotatable bonds is 4. The fraction of sp³-hybridized carbons (Fsp3) is 0.160. The standard InChI is InChI=1S/C25H21BrN2O/c26-20-11-12-23-22(15-20)21-13-14-27(16-18-7-3-1-4-8-18)25(29)24(21)28(23)17-19-9-5-2-6-10-19/h1-12,15H,13-14,16-17H2. The molecule has 4 heteroatoms. The second-order valence-electron chi connectivity index (χ2n) is 7.52. The van der Waals surface area contributed by atoms with Gasteiger partial charge in [-0.15, -0.1) is 0 Å². The van der Waals surface area contributed by atoms with Crippen LogP contribution in [-0.4, -0.2) is 21.9 Å². The van der Waals surface area contributed by atoms with Crippen molar-refractivity contribution in [3.05, 3.63) is 106 Å². The topological polar surface area (TPSA) is 25.2 Å². The number of benzene rings is 3. The number of aromatic nitrogens is 1. The van der Waals surface area contributed by atoms with Crippen LogP contribution < -0.4 is 0 Å². The van der Waals surface area contributed by atoms with E-state index in [1.165, 1.54) is 16.5 Å². The van der Waals surface area contributed by atoms with Crippen molar-refractivity contribution in [2.45, 2.75) is 19.5 Å². The predicted octanol–water partition coefficient (Wildman–Crippen LogP) is 5.65. The van der Waals surface area contributed by atoms with Crippen LogP contribution in [-0.2, 0) is 19.5 Å². The van der Waals surface area contributed by atoms with E-state index in [4.69, 9.17) is 0 Å². The zero-order chi connectivity index (χ0) is 19.8. The Hall–Kier alpha value is -2.85. The molecule has 0 aliphatic carbocycles. The van der Waals surface area contributed by atoms with Crippen molar-refractivity contribution in [2.75, 3.05) is 6.54 Å². The first kappa shape index (κ1) is 18.2. The normalized spacial score (nSPS) is 13.7. The summed E-state index contributed by atoms with van der Waals surface area (Å²) in [5.41, 5.74) is 5.49. The van der Waals surface area contributed by atoms with Crippen LogP contribution >= 0.6 is 15.9 Å². The van der Waals surface area contributed by atoms with Crippen LogP contribution in [0.5, 0.6) is 0 Å². The van der Waals surface area contributed by atoms with Crippen molar-refractivity contribution in [1.82, 2.24) is 9.47 Å². The van der Waals surface area contributed by atoms with Crippen molar-refractivity contribution >= 4 is 32.7 Å². The Bertz CT molecular complexity index is 1180. The highest BCUT2D eigenvalue weighted by molar-refractivity contribution is 9.10. The average Bonchev–Trinajstić information content (AvgIpc) is 3.05. The number of amides is 1. The number of halogens is 1. The van der Waals surface area contributed by atoms with E-state index in [2.05, 4.69) is 63.0 Å². The first-order valence-corrected chi connectivity index (χ1v) is 10.7. The molecule has 0 atom stereocenters. The zero-order valence-corrected chi connectivity index (χ0v) is 17.6. The van der Waals surface area contributed by atoms with E-state index in [1.54, 1.807) is 0 Å². The highest BCUT2D eigenvalue weighted by Gasteiger charge is 2.31. The molecule has 0 unspecified atom stereocenters. The van der Waals surface area contributed by atoms with Gasteiger partial charge in [-0.05, 0) is 41.3 Å². The lowest BCUT2D eigenvalue weighted by Gasteiger charge is -2.28. The number of fused-ring (bicyclic) bond motifs is 3. The number of nitrogens with zero attached hydrogens (tertiary/aromatic N) is 2. The Morgan fingerprint density at radius 1 is 0.828 bits per heavy atom. The number of carbonyl (C=O) groups excluding carboxylic acids is 1. The van der Waals surface area contributed by atoms with E-state index in [9.17, 15) is 4.79 Å². The van der Waals surface area contributed by atoms with Gasteiger partial charge in [-0.2, -0.15) is 0 Å². The van der Waals surface area contributed by atoms with E-state index < -0.39 is 0 Å². The summed E-state index contributed by atoms with van der Waals surface area (Å²) in [7, 11) is 0. The smallest absolute Gasteiger partial charge is 0.271 e. The van der Waals surface area contributed by atoms with Gasteiger partial charge in [0.2, 0.25) is 0 Å². The zero-order valence-electron chi connectivity index (χ0n) is 16.0. The molecule has 4 aromatic rings. The molecule has 1 aliphatic heterocycles. The molecule has 0 radical (unpaired) electrons. The molecule has 3 aromatic carbocycles. The molecule has 2 heterocycles. The van der Waals surface area contributed by atoms with Crippen LogP contribution in [0.1, 0.15) is 27.2 Å². The Balaban J connectivity index is 1.60. The minimum absolute atomic E-state index is 0.123. The van der Waals surface area contributed by atoms with E-state index in [1.807, 2.05) is 41.3 Å². The quantitative estimate of drug-likeness (QED) is 0.399. The second-order valence-corrected chi connectivity index (χ2v) is 8.44. The maximum atomic E-state index is 13.6. The molecule has 3 nitrogen and oxygen atoms in total. The Kier molecular flexibility index (Phi) is 4.72. The number of hydrogen-bond acceptors (Lipinski definition) is 1. The van der Waals surface area contributed by atoms with Gasteiger partial charge < -0.3 is 9.47 Å². The highest BCUT2D eigenvalue weighted by Crippen LogP contribution is 2.33. The molecule has 0 saturated heterocycles. The molecule has 29 heavy (non-hydrogen) atoms. The Morgan fingerprint density at radius 3 is 2.17 bits per heavy atom. The van der Waals surface area contributed by atoms with Gasteiger partial charge in [-0.25, -0.2) is 0 Å². The van der Waals surface area contributed by atoms with Crippen LogP contribution in [0.25, 0.3) is 10.9 Å². The maximum Gasteiger partial charge on any atom is 0.271 e. The third kappa shape index (κ3) is 3.38. The van der Waals surface area contributed by atoms with Crippen molar-refractivity contribution in [3.63, 3.8) is 0 Å². The van der Waals surface area contributed by atoms with E-state index >= 15 is 0 Å². The fourth-order valence-electron chi connectivity index (χ4n) is 4.28. The van der Waals surface area contributed by atoms with Crippen molar-refractivity contribution in [1.29, 1.82) is 0 Å². The molecule has 0 saturated carbocycles. The summed E-state index contributed by atoms with van der Waals surface area (Å²) in [4.78, 5) is 15.6. The molecule has 1 amide bonds. The van der Waals surface area contributed by atoms with Crippen LogP contribution in [0.3, 0.4) is 0 Å². The van der Waals surface area contributed by atoms with Gasteiger partial charge in [0.25, 0.3) is 5.91 Å². The van der Waals surface area contributed by atoms with Crippen LogP contribution in [0, 0.1) is 0 Å². The summed E-state index contributed by atoms with van der Waals surface area (Å²) in [6.45, 7) is 2.09. The fourth-order valence-corrected chi connectivity index (χ4v) is 4.64. The minimum atomic E-state index is 0.123. The van der Waals surface area contributed by atoms with Crippen LogP contribution in [0.4, 0.5) is 0 Å². The highest BCUT2D eigenvalue weighted by atomic mass is 79.9. The van der Waals surface area contributed by atoms with Gasteiger partial charge in [0.1, 0.15) is 5.69 Å². The lowest BCUT2D eigenvalue weighted by Crippen LogP contribution is -2.38. The predicted molar refractivity (Wildman–Crippen MR) is 120 cm³/mol. The summed E-state index contributed by atoms with van der Waals surface area (Å²) >= 11 is 3.60. The second kappa shape index (κ2) is 7.53. The third-order valence-corrected chi connectivity index (χ3v) is 6.14. The van der Waals surface area contributed by atoms with Crippen molar-refractivity contribution in [3.8, 4) is 0 Å². The van der Waals surface area contributed by atoms with E-state index in [-0.39, 0.29) is 5.91 Å². The first-order valence-electron chi connectivity index (χ1n) is 9.88. The average molecular weight is 445 g/mol. The van der Waals surface area contributed by atoms with Gasteiger partial charge in [-0.3, -0.25) is 4.79 Å². The van der Waals surface area contributed by atoms with Crippen LogP contribution in [0.2, 0.25) is 0 Å². The summed E-state index contributed by atoms with van der Waals surface area (Å²) in [5.74, 6) is 0.123. The Morgan fingerprint density at radius 2 is 1.48 bits per heavy atom. The van der Waals surface area contributed by atoms with E-state index in [0.717, 1.165) is 34.2 Å². The summed E-state index contributed by atoms with van der Waals surface area (Å²) < 4.78 is 3.25. The molecule has 0 spiro atoms. The molecule has 0 fully saturated rings. The molecule has 0 N–H and O–H groups in total. The molecule has 1 aliphatic rings. The lowest BCUT2D eigenvalue weighted by atomic mass is 10.0. The summed E-state index contributed by atoms with van der Waals surface area (Å²) in [6, 6.07) is 26.9. The Labute approximate surface area is 178 Å². The van der Waals surface area contributed by atoms with Crippen molar-refractivity contribution < 1.29 is 4.79 Å². The largest absolute Gasteiger partial charge is 0.333 e. The van der Waals surface area contributed by atoms with E-state index in [0.29, 0.717) is 13.1 Å². The molecule has 5 rings (SSSR count). The van der Waals surface area contributed by atoms with Crippen LogP contribution in [0.15, 0.2) is 83.3 Å². The van der Waals surface area contributed by atoms with Gasteiger partial charge in [0.05, 0.1) is 0 Å². The molecule has 0 bridgehead atoms. The lowest BCUT2D eigenvalue weighted by molar-refractivity contribution is 0.0716. The minimum Gasteiger partial charge on any atom is -0.333 e. The summed E-state index contributed by atoms with van der Waals surface area (Å²) in [5, 5.41) is 1.18. The molecular formula is C25H21BrN2O. The molecular weight excluding hydrogens is 424 g/mol. The van der Waals surface area contributed by atoms with Gasteiger partial charge in [0, 0.05) is 35.0 Å². The van der Waals surface area contributed by atoms with Crippen molar-refractivity contribution in [2.24, 2.45) is 0 Å². The monoisotopic (exact) mass is 444 g/mol. The first-order chi connectivity index (χ1) is 14.2. The third-order valence-electron chi connectivity index (χ3n) is 5.65. The van der Waals surface area contributed by atoms with Gasteiger partial charge in [-0.1, -0.05) is 76.6 Å². The maximum absolute atomic E-state index is 13.6. The SMILES string of the molecule is O=C1c2c(c3cc(Br)ccc3n2Cc2ccccc2)CCN1Cc1ccccc1. The van der Waals surface area contributed by atoms with Gasteiger partial charge >= 0.3 is 0 Å². The number of carbonyl (C=O) groups is 1. The summed E-state index contributed by atoms with van der Waals surface area (Å²) in [6.07, 6.45) is 0.878.